The maximum absolute atomic E-state index is 13.4. The summed E-state index contributed by atoms with van der Waals surface area (Å²) in [5.41, 5.74) is 0.813. The molecule has 2 rings (SSSR count). The van der Waals surface area contributed by atoms with Crippen molar-refractivity contribution in [3.05, 3.63) is 59.7 Å². The van der Waals surface area contributed by atoms with Crippen LogP contribution >= 0.6 is 12.0 Å². The molecule has 0 radical (unpaired) electrons. The molecule has 0 saturated carbocycles. The third kappa shape index (κ3) is 13.5. The normalized spacial score (nSPS) is 11.3. The van der Waals surface area contributed by atoms with Crippen molar-refractivity contribution in [2.45, 2.75) is 31.5 Å². The molecule has 0 aliphatic rings. The summed E-state index contributed by atoms with van der Waals surface area (Å²) in [4.78, 5) is 13.4. The number of methoxy groups -OCH3 is 2. The molecule has 15 heteroatoms. The minimum absolute atomic E-state index is 0. The van der Waals surface area contributed by atoms with Crippen LogP contribution in [-0.4, -0.2) is 57.7 Å². The molecular formula is C24H30Na2O11S2. The topological polar surface area (TPSA) is 153 Å². The Morgan fingerprint density at radius 2 is 1.36 bits per heavy atom. The molecule has 0 fully saturated rings. The molecule has 0 aliphatic carbocycles. The van der Waals surface area contributed by atoms with Gasteiger partial charge in [0.2, 0.25) is 5.78 Å². The molecule has 2 aromatic carbocycles. The molecule has 0 N–H and O–H groups in total. The number of Topliss-reactive ketones (excluding diaryl/α,β-unsaturated/α-hetero) is 1. The van der Waals surface area contributed by atoms with E-state index in [0.29, 0.717) is 41.4 Å². The van der Waals surface area contributed by atoms with E-state index >= 15 is 0 Å². The van der Waals surface area contributed by atoms with E-state index < -0.39 is 27.4 Å². The summed E-state index contributed by atoms with van der Waals surface area (Å²) in [5.74, 6) is -0.820. The molecule has 0 atom stereocenters. The van der Waals surface area contributed by atoms with Gasteiger partial charge < -0.3 is 28.8 Å². The average molecular weight is 605 g/mol. The van der Waals surface area contributed by atoms with Crippen LogP contribution in [0.5, 0.6) is 11.5 Å². The van der Waals surface area contributed by atoms with Crippen molar-refractivity contribution in [3.8, 4) is 11.5 Å². The summed E-state index contributed by atoms with van der Waals surface area (Å²) in [6.45, 7) is 0.698. The summed E-state index contributed by atoms with van der Waals surface area (Å²) in [7, 11) is -1.48. The molecule has 0 aromatic heterocycles. The quantitative estimate of drug-likeness (QED) is 0.0232. The summed E-state index contributed by atoms with van der Waals surface area (Å²) in [6, 6.07) is 13.2. The van der Waals surface area contributed by atoms with E-state index in [-0.39, 0.29) is 72.1 Å². The molecule has 39 heavy (non-hydrogen) atoms. The zero-order chi connectivity index (χ0) is 27.2. The first-order valence-corrected chi connectivity index (χ1v) is 13.9. The van der Waals surface area contributed by atoms with E-state index in [4.69, 9.17) is 18.9 Å². The van der Waals surface area contributed by atoms with Gasteiger partial charge in [0.25, 0.3) is 5.79 Å². The van der Waals surface area contributed by atoms with Gasteiger partial charge in [0, 0.05) is 48.9 Å². The molecular weight excluding hydrogens is 574 g/mol. The Morgan fingerprint density at radius 1 is 0.846 bits per heavy atom. The second-order valence-electron chi connectivity index (χ2n) is 7.73. The van der Waals surface area contributed by atoms with E-state index in [1.807, 2.05) is 0 Å². The average Bonchev–Trinajstić information content (AvgIpc) is 2.89. The Labute approximate surface area is 277 Å². The Morgan fingerprint density at radius 3 is 1.85 bits per heavy atom. The first-order chi connectivity index (χ1) is 17.8. The van der Waals surface area contributed by atoms with E-state index in [1.165, 1.54) is 14.2 Å². The molecule has 0 bridgehead atoms. The van der Waals surface area contributed by atoms with Crippen LogP contribution in [0, 0.1) is 0 Å². The first kappa shape index (κ1) is 38.8. The molecule has 2 aromatic rings. The number of unbranched alkanes of at least 4 members (excludes halogenated alkanes) is 2. The summed E-state index contributed by atoms with van der Waals surface area (Å²) in [6.07, 6.45) is 2.14. The van der Waals surface area contributed by atoms with E-state index in [0.717, 1.165) is 24.9 Å². The van der Waals surface area contributed by atoms with Crippen LogP contribution in [0.15, 0.2) is 48.5 Å². The minimum atomic E-state index is -4.23. The number of rotatable bonds is 19. The van der Waals surface area contributed by atoms with Gasteiger partial charge in [-0.1, -0.05) is 0 Å². The third-order valence-corrected chi connectivity index (χ3v) is 6.64. The largest absolute Gasteiger partial charge is 1.00 e. The van der Waals surface area contributed by atoms with Gasteiger partial charge in [0.1, 0.15) is 11.5 Å². The molecule has 206 valence electrons. The maximum Gasteiger partial charge on any atom is 1.00 e. The van der Waals surface area contributed by atoms with Crippen LogP contribution in [0.3, 0.4) is 0 Å². The number of carbonyl (C=O) groups is 1. The zero-order valence-corrected chi connectivity index (χ0v) is 28.2. The summed E-state index contributed by atoms with van der Waals surface area (Å²) >= 11 is 0.929. The Kier molecular flexibility index (Phi) is 20.5. The predicted molar refractivity (Wildman–Crippen MR) is 132 cm³/mol. The number of hydrogen-bond donors (Lipinski definition) is 0. The van der Waals surface area contributed by atoms with Crippen molar-refractivity contribution in [2.75, 3.05) is 38.9 Å². The van der Waals surface area contributed by atoms with E-state index in [1.54, 1.807) is 48.5 Å². The van der Waals surface area contributed by atoms with Crippen molar-refractivity contribution in [1.29, 1.82) is 0 Å². The van der Waals surface area contributed by atoms with Gasteiger partial charge in [-0.15, -0.1) is 0 Å². The van der Waals surface area contributed by atoms with Crippen LogP contribution in [-0.2, 0) is 34.8 Å². The van der Waals surface area contributed by atoms with Gasteiger partial charge in [-0.25, -0.2) is 8.42 Å². The number of carbonyl (C=O) groups excluding carboxylic acids is 1. The Balaban J connectivity index is 0.00000722. The molecule has 0 amide bonds. The number of hydrogen-bond acceptors (Lipinski definition) is 12. The fourth-order valence-electron chi connectivity index (χ4n) is 3.38. The van der Waals surface area contributed by atoms with Gasteiger partial charge in [0.15, 0.2) is 0 Å². The minimum Gasteiger partial charge on any atom is -0.748 e. The molecule has 0 saturated heterocycles. The number of ketones is 1. The second-order valence-corrected chi connectivity index (χ2v) is 10.0. The van der Waals surface area contributed by atoms with Crippen molar-refractivity contribution in [1.82, 2.24) is 0 Å². The number of benzene rings is 2. The van der Waals surface area contributed by atoms with E-state index in [2.05, 4.69) is 9.37 Å². The predicted octanol–water partition coefficient (Wildman–Crippen LogP) is -3.24. The first-order valence-electron chi connectivity index (χ1n) is 11.4. The van der Waals surface area contributed by atoms with Gasteiger partial charge in [-0.2, -0.15) is 4.33 Å². The van der Waals surface area contributed by atoms with Crippen LogP contribution in [0.2, 0.25) is 0 Å². The zero-order valence-electron chi connectivity index (χ0n) is 22.6. The van der Waals surface area contributed by atoms with Crippen LogP contribution in [0.4, 0.5) is 0 Å². The monoisotopic (exact) mass is 604 g/mol. The molecule has 11 nitrogen and oxygen atoms in total. The Bertz CT molecular complexity index is 1050. The second kappa shape index (κ2) is 20.6. The van der Waals surface area contributed by atoms with Crippen molar-refractivity contribution >= 4 is 27.9 Å². The fourth-order valence-corrected chi connectivity index (χ4v) is 4.36. The summed E-state index contributed by atoms with van der Waals surface area (Å²) < 4.78 is 58.5. The van der Waals surface area contributed by atoms with Crippen LogP contribution in [0.1, 0.15) is 41.6 Å². The third-order valence-electron chi connectivity index (χ3n) is 5.25. The summed E-state index contributed by atoms with van der Waals surface area (Å²) in [5, 5.41) is 13.0. The van der Waals surface area contributed by atoms with Crippen LogP contribution in [0.25, 0.3) is 0 Å². The molecule has 0 aliphatic heterocycles. The Hall–Kier alpha value is -0.230. The van der Waals surface area contributed by atoms with Gasteiger partial charge in [0.05, 0.1) is 23.3 Å². The standard InChI is InChI=1S/C24H32O11S2.2Na/c1-30-24(31-2,20-9-13-22(14-10-20)33-16-4-6-18-37(27,28)29)23(25)19-7-11-21(12-8-19)32-15-3-5-17-36-35-34-26;;/h7-14,26H,3-6,15-18H2,1-2H3,(H,27,28,29);;/q;2*+1/p-2. The van der Waals surface area contributed by atoms with Crippen LogP contribution < -0.4 is 73.8 Å². The maximum atomic E-state index is 13.4. The van der Waals surface area contributed by atoms with Crippen molar-refractivity contribution in [3.63, 3.8) is 0 Å². The smallest absolute Gasteiger partial charge is 0.748 e. The molecule has 0 spiro atoms. The molecule has 0 heterocycles. The van der Waals surface area contributed by atoms with E-state index in [9.17, 15) is 23.0 Å². The van der Waals surface area contributed by atoms with Gasteiger partial charge in [-0.05, 0) is 74.2 Å². The van der Waals surface area contributed by atoms with Crippen molar-refractivity contribution < 1.29 is 110 Å². The van der Waals surface area contributed by atoms with Gasteiger partial charge in [-0.3, -0.25) is 9.83 Å². The molecule has 0 unspecified atom stereocenters. The SMILES string of the molecule is COC(OC)(C(=O)c1ccc(OCCCCSOO[O-])cc1)c1ccc(OCCCCS(=O)(=O)[O-])cc1.[Na+].[Na+]. The fraction of sp³-hybridized carbons (Fsp3) is 0.458. The van der Waals surface area contributed by atoms with Gasteiger partial charge >= 0.3 is 59.1 Å². The number of ether oxygens (including phenoxy) is 4. The van der Waals surface area contributed by atoms with Crippen molar-refractivity contribution in [2.24, 2.45) is 0 Å².